The first kappa shape index (κ1) is 8.89. The molecule has 0 aliphatic heterocycles. The molecule has 0 aliphatic rings. The quantitative estimate of drug-likeness (QED) is 0.223. The Bertz CT molecular complexity index is 300. The van der Waals surface area contributed by atoms with E-state index in [0.29, 0.717) is 5.82 Å². The van der Waals surface area contributed by atoms with Gasteiger partial charge in [0.15, 0.2) is 5.82 Å². The van der Waals surface area contributed by atoms with Crippen LogP contribution in [0, 0.1) is 5.41 Å². The van der Waals surface area contributed by atoms with E-state index in [1.54, 1.807) is 13.0 Å². The van der Waals surface area contributed by atoms with E-state index < -0.39 is 0 Å². The maximum atomic E-state index is 7.21. The molecule has 1 aromatic rings. The van der Waals surface area contributed by atoms with Gasteiger partial charge in [-0.2, -0.15) is 4.98 Å². The van der Waals surface area contributed by atoms with Gasteiger partial charge in [0.1, 0.15) is 5.84 Å². The number of rotatable bonds is 1. The van der Waals surface area contributed by atoms with Crippen molar-refractivity contribution in [1.29, 1.82) is 5.41 Å². The van der Waals surface area contributed by atoms with Gasteiger partial charge in [-0.15, -0.1) is 0 Å². The minimum atomic E-state index is 0.115. The molecule has 0 aliphatic carbocycles. The Hall–Kier alpha value is -1.20. The van der Waals surface area contributed by atoms with Crippen LogP contribution in [0.2, 0.25) is 5.28 Å². The Labute approximate surface area is 74.7 Å². The predicted molar refractivity (Wildman–Crippen MR) is 47.1 cm³/mol. The fraction of sp³-hybridized carbons (Fsp3) is 0.167. The third-order valence-electron chi connectivity index (χ3n) is 1.22. The maximum absolute atomic E-state index is 7.21. The van der Waals surface area contributed by atoms with Crippen LogP contribution in [-0.2, 0) is 0 Å². The predicted octanol–water partition coefficient (Wildman–Crippen LogP) is 0.807. The van der Waals surface area contributed by atoms with Crippen LogP contribution in [0.3, 0.4) is 0 Å². The first-order valence-corrected chi connectivity index (χ1v) is 3.57. The second-order valence-electron chi connectivity index (χ2n) is 2.14. The zero-order chi connectivity index (χ0) is 9.14. The molecule has 0 saturated heterocycles. The summed E-state index contributed by atoms with van der Waals surface area (Å²) in [5.41, 5.74) is 0. The Morgan fingerprint density at radius 2 is 2.42 bits per heavy atom. The molecule has 3 N–H and O–H groups in total. The second kappa shape index (κ2) is 3.46. The molecule has 0 unspecified atom stereocenters. The summed E-state index contributed by atoms with van der Waals surface area (Å²) in [5.74, 6) is 6.06. The SMILES string of the molecule is CC(=N)N(N)c1ccnc(Cl)n1. The minimum absolute atomic E-state index is 0.115. The number of anilines is 1. The van der Waals surface area contributed by atoms with Crippen molar-refractivity contribution in [1.82, 2.24) is 9.97 Å². The first-order valence-electron chi connectivity index (χ1n) is 3.20. The van der Waals surface area contributed by atoms with Crippen molar-refractivity contribution in [2.45, 2.75) is 6.92 Å². The van der Waals surface area contributed by atoms with E-state index in [9.17, 15) is 0 Å². The van der Waals surface area contributed by atoms with E-state index in [2.05, 4.69) is 9.97 Å². The number of nitrogens with two attached hydrogens (primary N) is 1. The van der Waals surface area contributed by atoms with E-state index in [4.69, 9.17) is 22.9 Å². The third kappa shape index (κ3) is 1.90. The highest BCUT2D eigenvalue weighted by molar-refractivity contribution is 6.28. The minimum Gasteiger partial charge on any atom is -0.287 e. The molecule has 1 aromatic heterocycles. The average Bonchev–Trinajstić information content (AvgIpc) is 2.03. The lowest BCUT2D eigenvalue weighted by molar-refractivity contribution is 1.03. The van der Waals surface area contributed by atoms with Crippen molar-refractivity contribution < 1.29 is 0 Å². The highest BCUT2D eigenvalue weighted by Crippen LogP contribution is 2.08. The van der Waals surface area contributed by atoms with Gasteiger partial charge in [0.2, 0.25) is 5.28 Å². The Morgan fingerprint density at radius 1 is 1.75 bits per heavy atom. The van der Waals surface area contributed by atoms with Gasteiger partial charge in [0.25, 0.3) is 0 Å². The highest BCUT2D eigenvalue weighted by atomic mass is 35.5. The fourth-order valence-corrected chi connectivity index (χ4v) is 0.775. The lowest BCUT2D eigenvalue weighted by Gasteiger charge is -2.14. The number of hydrogen-bond acceptors (Lipinski definition) is 4. The topological polar surface area (TPSA) is 78.9 Å². The summed E-state index contributed by atoms with van der Waals surface area (Å²) < 4.78 is 0. The number of nitrogens with one attached hydrogen (secondary N) is 1. The maximum Gasteiger partial charge on any atom is 0.224 e. The largest absolute Gasteiger partial charge is 0.287 e. The summed E-state index contributed by atoms with van der Waals surface area (Å²) in [7, 11) is 0. The summed E-state index contributed by atoms with van der Waals surface area (Å²) in [6.45, 7) is 1.55. The van der Waals surface area contributed by atoms with Gasteiger partial charge in [-0.1, -0.05) is 0 Å². The lowest BCUT2D eigenvalue weighted by atomic mass is 10.5. The van der Waals surface area contributed by atoms with Crippen LogP contribution < -0.4 is 10.9 Å². The number of aromatic nitrogens is 2. The van der Waals surface area contributed by atoms with Crippen LogP contribution in [0.5, 0.6) is 0 Å². The summed E-state index contributed by atoms with van der Waals surface area (Å²) in [6, 6.07) is 1.57. The molecule has 0 amide bonds. The van der Waals surface area contributed by atoms with E-state index >= 15 is 0 Å². The molecule has 1 rings (SSSR count). The van der Waals surface area contributed by atoms with Gasteiger partial charge in [0.05, 0.1) is 0 Å². The standard InChI is InChI=1S/C6H8ClN5/c1-4(8)12(9)5-2-3-10-6(7)11-5/h2-3,8H,9H2,1H3. The second-order valence-corrected chi connectivity index (χ2v) is 2.48. The summed E-state index contributed by atoms with van der Waals surface area (Å²) in [5, 5.41) is 8.44. The van der Waals surface area contributed by atoms with Gasteiger partial charge in [0, 0.05) is 12.3 Å². The van der Waals surface area contributed by atoms with Crippen LogP contribution in [0.25, 0.3) is 0 Å². The zero-order valence-electron chi connectivity index (χ0n) is 6.45. The summed E-state index contributed by atoms with van der Waals surface area (Å²) in [6.07, 6.45) is 1.48. The fourth-order valence-electron chi connectivity index (χ4n) is 0.632. The normalized spacial score (nSPS) is 9.58. The van der Waals surface area contributed by atoms with Gasteiger partial charge >= 0.3 is 0 Å². The van der Waals surface area contributed by atoms with Crippen LogP contribution in [0.4, 0.5) is 5.82 Å². The average molecular weight is 186 g/mol. The van der Waals surface area contributed by atoms with Crippen molar-refractivity contribution >= 4 is 23.3 Å². The highest BCUT2D eigenvalue weighted by Gasteiger charge is 2.04. The van der Waals surface area contributed by atoms with Crippen LogP contribution in [0.15, 0.2) is 12.3 Å². The number of halogens is 1. The van der Waals surface area contributed by atoms with E-state index in [0.717, 1.165) is 5.01 Å². The van der Waals surface area contributed by atoms with E-state index in [1.807, 2.05) is 0 Å². The van der Waals surface area contributed by atoms with E-state index in [1.165, 1.54) is 6.20 Å². The van der Waals surface area contributed by atoms with Gasteiger partial charge < -0.3 is 0 Å². The molecule has 0 bridgehead atoms. The molecule has 12 heavy (non-hydrogen) atoms. The van der Waals surface area contributed by atoms with Crippen LogP contribution in [-0.4, -0.2) is 15.8 Å². The molecule has 6 heteroatoms. The van der Waals surface area contributed by atoms with Crippen molar-refractivity contribution in [2.24, 2.45) is 5.84 Å². The van der Waals surface area contributed by atoms with Crippen molar-refractivity contribution in [3.63, 3.8) is 0 Å². The molecule has 0 saturated carbocycles. The molecule has 0 atom stereocenters. The Morgan fingerprint density at radius 3 is 2.92 bits per heavy atom. The molecule has 0 fully saturated rings. The molecular weight excluding hydrogens is 178 g/mol. The van der Waals surface area contributed by atoms with Gasteiger partial charge in [-0.25, -0.2) is 15.8 Å². The smallest absolute Gasteiger partial charge is 0.224 e. The third-order valence-corrected chi connectivity index (χ3v) is 1.40. The van der Waals surface area contributed by atoms with Gasteiger partial charge in [-0.05, 0) is 18.5 Å². The molecule has 5 nitrogen and oxygen atoms in total. The Balaban J connectivity index is 2.95. The number of hydrogen-bond donors (Lipinski definition) is 2. The number of amidine groups is 1. The Kier molecular flexibility index (Phi) is 2.57. The molecule has 1 heterocycles. The number of hydrazine groups is 1. The monoisotopic (exact) mass is 185 g/mol. The molecule has 0 aromatic carbocycles. The lowest BCUT2D eigenvalue weighted by Crippen LogP contribution is -2.35. The van der Waals surface area contributed by atoms with Crippen molar-refractivity contribution in [3.05, 3.63) is 17.5 Å². The molecular formula is C6H8ClN5. The molecule has 64 valence electrons. The van der Waals surface area contributed by atoms with E-state index in [-0.39, 0.29) is 11.1 Å². The first-order chi connectivity index (χ1) is 5.61. The van der Waals surface area contributed by atoms with Crippen LogP contribution >= 0.6 is 11.6 Å². The van der Waals surface area contributed by atoms with Crippen LogP contribution in [0.1, 0.15) is 6.92 Å². The summed E-state index contributed by atoms with van der Waals surface area (Å²) >= 11 is 5.52. The molecule has 0 spiro atoms. The molecule has 0 radical (unpaired) electrons. The summed E-state index contributed by atoms with van der Waals surface area (Å²) in [4.78, 5) is 7.49. The zero-order valence-corrected chi connectivity index (χ0v) is 7.21. The number of nitrogens with zero attached hydrogens (tertiary/aromatic N) is 3. The van der Waals surface area contributed by atoms with Crippen molar-refractivity contribution in [3.8, 4) is 0 Å². The van der Waals surface area contributed by atoms with Gasteiger partial charge in [-0.3, -0.25) is 5.41 Å². The van der Waals surface area contributed by atoms with Crippen molar-refractivity contribution in [2.75, 3.05) is 5.01 Å².